The molecule has 0 saturated heterocycles. The molecule has 2 unspecified atom stereocenters. The van der Waals surface area contributed by atoms with Crippen LogP contribution in [0.4, 0.5) is 0 Å². The molecule has 0 aliphatic carbocycles. The highest BCUT2D eigenvalue weighted by Gasteiger charge is 2.49. The molecular weight excluding hydrogens is 324 g/mol. The van der Waals surface area contributed by atoms with Crippen LogP contribution in [-0.4, -0.2) is 50.0 Å². The van der Waals surface area contributed by atoms with Crippen LogP contribution in [0.15, 0.2) is 0 Å². The number of hydrogen-bond donors (Lipinski definition) is 1. The van der Waals surface area contributed by atoms with E-state index < -0.39 is 37.2 Å². The van der Waals surface area contributed by atoms with Gasteiger partial charge in [-0.05, 0) is 53.5 Å². The van der Waals surface area contributed by atoms with Gasteiger partial charge in [0.05, 0.1) is 5.54 Å². The number of aliphatic carboxylic acids is 1. The van der Waals surface area contributed by atoms with Crippen molar-refractivity contribution in [3.8, 4) is 0 Å². The zero-order chi connectivity index (χ0) is 16.9. The lowest BCUT2D eigenvalue weighted by molar-refractivity contribution is -0.137. The second-order valence-electron chi connectivity index (χ2n) is 5.95. The summed E-state index contributed by atoms with van der Waals surface area (Å²) in [6.07, 6.45) is 0. The maximum absolute atomic E-state index is 11.3. The van der Waals surface area contributed by atoms with E-state index in [9.17, 15) is 9.90 Å². The van der Waals surface area contributed by atoms with Gasteiger partial charge < -0.3 is 22.2 Å². The third kappa shape index (κ3) is 7.17. The Morgan fingerprint density at radius 2 is 1.43 bits per heavy atom. The molecule has 0 aliphatic heterocycles. The Morgan fingerprint density at radius 1 is 0.952 bits per heavy atom. The Balaban J connectivity index is 5.10. The number of carboxylic acid groups (broad SMARTS) is 1. The number of carbonyl (C=O) groups is 1. The second kappa shape index (κ2) is 7.99. The highest BCUT2D eigenvalue weighted by molar-refractivity contribution is 6.86. The summed E-state index contributed by atoms with van der Waals surface area (Å²) in [7, 11) is -7.68. The van der Waals surface area contributed by atoms with E-state index in [1.54, 1.807) is 13.5 Å². The Bertz CT molecular complexity index is 350. The van der Waals surface area contributed by atoms with Crippen LogP contribution in [0.25, 0.3) is 0 Å². The summed E-state index contributed by atoms with van der Waals surface area (Å²) in [4.78, 5) is 11.3. The van der Waals surface area contributed by atoms with Gasteiger partial charge in [0.2, 0.25) is 0 Å². The standard InChI is InChI=1S/C12H30O6Si3/c1-9-15-19(4,5)17-20(6,7)18-21(8,16-10-2)11(3)12(13)14/h11H,9-10H2,1-8H3,(H,13,14). The highest BCUT2D eigenvalue weighted by Crippen LogP contribution is 2.29. The van der Waals surface area contributed by atoms with E-state index in [-0.39, 0.29) is 0 Å². The summed E-state index contributed by atoms with van der Waals surface area (Å²) >= 11 is 0. The van der Waals surface area contributed by atoms with E-state index in [1.165, 1.54) is 0 Å². The molecular formula is C12H30O6Si3. The van der Waals surface area contributed by atoms with Crippen molar-refractivity contribution < 1.29 is 27.0 Å². The van der Waals surface area contributed by atoms with Gasteiger partial charge >= 0.3 is 31.7 Å². The number of carboxylic acids is 1. The van der Waals surface area contributed by atoms with E-state index >= 15 is 0 Å². The fraction of sp³-hybridized carbons (Fsp3) is 0.917. The molecule has 21 heavy (non-hydrogen) atoms. The lowest BCUT2D eigenvalue weighted by Crippen LogP contribution is -2.57. The SMILES string of the molecule is CCO[Si](C)(C)O[Si](C)(C)O[Si](C)(OCC)C(C)C(=O)O. The summed E-state index contributed by atoms with van der Waals surface area (Å²) < 4.78 is 23.7. The zero-order valence-corrected chi connectivity index (χ0v) is 17.5. The van der Waals surface area contributed by atoms with E-state index in [2.05, 4.69) is 0 Å². The lowest BCUT2D eigenvalue weighted by Gasteiger charge is -2.40. The van der Waals surface area contributed by atoms with Gasteiger partial charge in [-0.15, -0.1) is 0 Å². The summed E-state index contributed by atoms with van der Waals surface area (Å²) in [5.74, 6) is -0.899. The first-order valence-electron chi connectivity index (χ1n) is 7.30. The third-order valence-electron chi connectivity index (χ3n) is 3.02. The number of hydrogen-bond acceptors (Lipinski definition) is 5. The Kier molecular flexibility index (Phi) is 7.98. The van der Waals surface area contributed by atoms with Crippen molar-refractivity contribution in [1.29, 1.82) is 0 Å². The van der Waals surface area contributed by atoms with E-state index in [0.717, 1.165) is 0 Å². The van der Waals surface area contributed by atoms with Crippen molar-refractivity contribution in [2.24, 2.45) is 0 Å². The van der Waals surface area contributed by atoms with Crippen molar-refractivity contribution in [3.05, 3.63) is 0 Å². The van der Waals surface area contributed by atoms with Crippen LogP contribution in [-0.2, 0) is 21.9 Å². The fourth-order valence-corrected chi connectivity index (χ4v) is 14.6. The molecule has 0 aromatic carbocycles. The van der Waals surface area contributed by atoms with Gasteiger partial charge in [0.15, 0.2) is 0 Å². The van der Waals surface area contributed by atoms with Gasteiger partial charge in [0.25, 0.3) is 0 Å². The Morgan fingerprint density at radius 3 is 1.81 bits per heavy atom. The van der Waals surface area contributed by atoms with Crippen molar-refractivity contribution in [3.63, 3.8) is 0 Å². The first-order chi connectivity index (χ1) is 9.39. The largest absolute Gasteiger partial charge is 0.481 e. The number of rotatable bonds is 10. The van der Waals surface area contributed by atoms with Gasteiger partial charge in [-0.3, -0.25) is 4.79 Å². The molecule has 0 amide bonds. The van der Waals surface area contributed by atoms with Crippen LogP contribution < -0.4 is 0 Å². The molecule has 0 spiro atoms. The van der Waals surface area contributed by atoms with Crippen LogP contribution in [0.5, 0.6) is 0 Å². The minimum Gasteiger partial charge on any atom is -0.481 e. The van der Waals surface area contributed by atoms with Crippen molar-refractivity contribution in [1.82, 2.24) is 0 Å². The maximum atomic E-state index is 11.3. The monoisotopic (exact) mass is 354 g/mol. The topological polar surface area (TPSA) is 74.2 Å². The third-order valence-corrected chi connectivity index (χ3v) is 14.2. The van der Waals surface area contributed by atoms with Gasteiger partial charge in [-0.2, -0.15) is 0 Å². The molecule has 0 aromatic rings. The van der Waals surface area contributed by atoms with Gasteiger partial charge in [0, 0.05) is 13.2 Å². The van der Waals surface area contributed by atoms with Crippen molar-refractivity contribution in [2.75, 3.05) is 13.2 Å². The molecule has 1 N–H and O–H groups in total. The smallest absolute Gasteiger partial charge is 0.340 e. The van der Waals surface area contributed by atoms with Crippen molar-refractivity contribution in [2.45, 2.75) is 59.0 Å². The molecule has 9 heteroatoms. The molecule has 0 fully saturated rings. The van der Waals surface area contributed by atoms with Crippen LogP contribution in [0.3, 0.4) is 0 Å². The van der Waals surface area contributed by atoms with E-state index in [1.807, 2.05) is 40.0 Å². The summed E-state index contributed by atoms with van der Waals surface area (Å²) in [6.45, 7) is 16.0. The van der Waals surface area contributed by atoms with Gasteiger partial charge in [-0.1, -0.05) is 0 Å². The quantitative estimate of drug-likeness (QED) is 0.608. The molecule has 0 aliphatic rings. The Labute approximate surface area is 131 Å². The molecule has 0 aromatic heterocycles. The lowest BCUT2D eigenvalue weighted by atomic mass is 10.5. The Hall–Kier alpha value is -0.0394. The average molecular weight is 355 g/mol. The molecule has 126 valence electrons. The summed E-state index contributed by atoms with van der Waals surface area (Å²) in [5.41, 5.74) is -0.662. The molecule has 0 heterocycles. The molecule has 0 bridgehead atoms. The van der Waals surface area contributed by atoms with Crippen LogP contribution in [0.2, 0.25) is 38.3 Å². The molecule has 0 saturated carbocycles. The first kappa shape index (κ1) is 21.0. The van der Waals surface area contributed by atoms with Crippen LogP contribution >= 0.6 is 0 Å². The summed E-state index contributed by atoms with van der Waals surface area (Å²) in [5, 5.41) is 9.29. The van der Waals surface area contributed by atoms with E-state index in [0.29, 0.717) is 13.2 Å². The molecule has 6 nitrogen and oxygen atoms in total. The van der Waals surface area contributed by atoms with Crippen LogP contribution in [0, 0.1) is 0 Å². The predicted octanol–water partition coefficient (Wildman–Crippen LogP) is 3.04. The van der Waals surface area contributed by atoms with Crippen molar-refractivity contribution >= 4 is 31.7 Å². The minimum absolute atomic E-state index is 0.428. The molecule has 2 atom stereocenters. The van der Waals surface area contributed by atoms with Gasteiger partial charge in [-0.25, -0.2) is 0 Å². The fourth-order valence-electron chi connectivity index (χ4n) is 2.23. The van der Waals surface area contributed by atoms with Crippen LogP contribution in [0.1, 0.15) is 20.8 Å². The predicted molar refractivity (Wildman–Crippen MR) is 89.1 cm³/mol. The molecule has 0 rings (SSSR count). The zero-order valence-electron chi connectivity index (χ0n) is 14.5. The average Bonchev–Trinajstić information content (AvgIpc) is 2.24. The normalized spacial score (nSPS) is 17.3. The van der Waals surface area contributed by atoms with E-state index in [4.69, 9.17) is 17.1 Å². The highest BCUT2D eigenvalue weighted by atomic mass is 28.5. The molecule has 0 radical (unpaired) electrons. The first-order valence-corrected chi connectivity index (χ1v) is 15.3. The second-order valence-corrected chi connectivity index (χ2v) is 16.7. The maximum Gasteiger partial charge on any atom is 0.340 e. The summed E-state index contributed by atoms with van der Waals surface area (Å²) in [6, 6.07) is 0. The minimum atomic E-state index is -2.87. The van der Waals surface area contributed by atoms with Gasteiger partial charge in [0.1, 0.15) is 0 Å².